The van der Waals surface area contributed by atoms with Gasteiger partial charge in [0.15, 0.2) is 9.84 Å². The summed E-state index contributed by atoms with van der Waals surface area (Å²) in [5.41, 5.74) is 0. The Balaban J connectivity index is 2.37. The van der Waals surface area contributed by atoms with Crippen molar-refractivity contribution in [1.29, 1.82) is 0 Å². The zero-order valence-electron chi connectivity index (χ0n) is 9.68. The molecule has 0 bridgehead atoms. The first-order valence-electron chi connectivity index (χ1n) is 5.24. The number of carbonyl (C=O) groups is 1. The van der Waals surface area contributed by atoms with Crippen LogP contribution in [0.4, 0.5) is 4.79 Å². The molecular formula is C9H18N2O4S. The van der Waals surface area contributed by atoms with Gasteiger partial charge >= 0.3 is 6.09 Å². The van der Waals surface area contributed by atoms with E-state index in [-0.39, 0.29) is 12.0 Å². The van der Waals surface area contributed by atoms with Crippen molar-refractivity contribution in [2.45, 2.75) is 6.92 Å². The van der Waals surface area contributed by atoms with E-state index in [1.165, 1.54) is 6.26 Å². The average Bonchev–Trinajstić information content (AvgIpc) is 2.16. The van der Waals surface area contributed by atoms with E-state index in [1.54, 1.807) is 11.8 Å². The molecule has 0 radical (unpaired) electrons. The van der Waals surface area contributed by atoms with Crippen LogP contribution in [0.1, 0.15) is 6.92 Å². The Kier molecular flexibility index (Phi) is 4.55. The highest BCUT2D eigenvalue weighted by Gasteiger charge is 2.23. The van der Waals surface area contributed by atoms with Gasteiger partial charge in [0.2, 0.25) is 0 Å². The molecule has 1 amide bonds. The quantitative estimate of drug-likeness (QED) is 0.691. The second-order valence-electron chi connectivity index (χ2n) is 3.86. The number of piperazine rings is 1. The Morgan fingerprint density at radius 2 is 1.81 bits per heavy atom. The number of ether oxygens (including phenoxy) is 1. The van der Waals surface area contributed by atoms with Crippen LogP contribution < -0.4 is 0 Å². The molecular weight excluding hydrogens is 232 g/mol. The van der Waals surface area contributed by atoms with Crippen LogP contribution in [0.15, 0.2) is 0 Å². The third-order valence-electron chi connectivity index (χ3n) is 2.32. The number of carbonyl (C=O) groups excluding carboxylic acids is 1. The van der Waals surface area contributed by atoms with Gasteiger partial charge in [0.25, 0.3) is 0 Å². The molecule has 0 unspecified atom stereocenters. The minimum atomic E-state index is -2.98. The number of hydrogen-bond donors (Lipinski definition) is 0. The van der Waals surface area contributed by atoms with Crippen molar-refractivity contribution in [3.05, 3.63) is 0 Å². The molecule has 0 aromatic heterocycles. The summed E-state index contributed by atoms with van der Waals surface area (Å²) in [7, 11) is -2.98. The van der Waals surface area contributed by atoms with E-state index >= 15 is 0 Å². The summed E-state index contributed by atoms with van der Waals surface area (Å²) in [6, 6.07) is 0. The van der Waals surface area contributed by atoms with Crippen molar-refractivity contribution in [2.24, 2.45) is 0 Å². The van der Waals surface area contributed by atoms with Crippen molar-refractivity contribution in [1.82, 2.24) is 9.80 Å². The molecule has 0 N–H and O–H groups in total. The maximum absolute atomic E-state index is 11.4. The van der Waals surface area contributed by atoms with Crippen LogP contribution in [0.2, 0.25) is 0 Å². The predicted octanol–water partition coefficient (Wildman–Crippen LogP) is -0.237. The Morgan fingerprint density at radius 3 is 2.25 bits per heavy atom. The third kappa shape index (κ3) is 4.36. The second-order valence-corrected chi connectivity index (χ2v) is 5.97. The molecule has 1 rings (SSSR count). The SMILES string of the molecule is CCOC(=O)N1CCN(CS(C)(=O)=O)CC1. The van der Waals surface area contributed by atoms with E-state index in [0.29, 0.717) is 32.8 Å². The molecule has 1 aliphatic heterocycles. The fourth-order valence-electron chi connectivity index (χ4n) is 1.61. The summed E-state index contributed by atoms with van der Waals surface area (Å²) < 4.78 is 27.0. The van der Waals surface area contributed by atoms with Gasteiger partial charge in [0.1, 0.15) is 5.88 Å². The van der Waals surface area contributed by atoms with Gasteiger partial charge in [0, 0.05) is 32.4 Å². The molecule has 0 saturated carbocycles. The molecule has 0 aromatic rings. The summed E-state index contributed by atoms with van der Waals surface area (Å²) in [6.45, 7) is 4.32. The summed E-state index contributed by atoms with van der Waals surface area (Å²) in [6.07, 6.45) is 0.895. The van der Waals surface area contributed by atoms with E-state index in [1.807, 2.05) is 4.90 Å². The fraction of sp³-hybridized carbons (Fsp3) is 0.889. The van der Waals surface area contributed by atoms with Gasteiger partial charge in [-0.1, -0.05) is 0 Å². The standard InChI is InChI=1S/C9H18N2O4S/c1-3-15-9(12)11-6-4-10(5-7-11)8-16(2,13)14/h3-8H2,1-2H3. The monoisotopic (exact) mass is 250 g/mol. The molecule has 1 heterocycles. The van der Waals surface area contributed by atoms with Crippen LogP contribution in [0.25, 0.3) is 0 Å². The molecule has 94 valence electrons. The van der Waals surface area contributed by atoms with Crippen LogP contribution in [0, 0.1) is 0 Å². The van der Waals surface area contributed by atoms with Gasteiger partial charge in [0.05, 0.1) is 6.61 Å². The van der Waals surface area contributed by atoms with Gasteiger partial charge in [-0.05, 0) is 6.92 Å². The smallest absolute Gasteiger partial charge is 0.409 e. The van der Waals surface area contributed by atoms with Gasteiger partial charge < -0.3 is 9.64 Å². The Labute approximate surface area is 96.1 Å². The third-order valence-corrected chi connectivity index (χ3v) is 3.15. The van der Waals surface area contributed by atoms with E-state index in [2.05, 4.69) is 0 Å². The normalized spacial score (nSPS) is 18.5. The fourth-order valence-corrected chi connectivity index (χ4v) is 2.53. The maximum Gasteiger partial charge on any atom is 0.409 e. The molecule has 6 nitrogen and oxygen atoms in total. The highest BCUT2D eigenvalue weighted by Crippen LogP contribution is 2.04. The van der Waals surface area contributed by atoms with Crippen molar-refractivity contribution in [2.75, 3.05) is 44.9 Å². The predicted molar refractivity (Wildman–Crippen MR) is 59.9 cm³/mol. The highest BCUT2D eigenvalue weighted by molar-refractivity contribution is 7.90. The zero-order chi connectivity index (χ0) is 12.2. The summed E-state index contributed by atoms with van der Waals surface area (Å²) >= 11 is 0. The lowest BCUT2D eigenvalue weighted by molar-refractivity contribution is 0.0840. The van der Waals surface area contributed by atoms with Crippen molar-refractivity contribution in [3.63, 3.8) is 0 Å². The molecule has 0 aliphatic carbocycles. The lowest BCUT2D eigenvalue weighted by atomic mass is 10.3. The first-order valence-corrected chi connectivity index (χ1v) is 7.30. The maximum atomic E-state index is 11.4. The summed E-state index contributed by atoms with van der Waals surface area (Å²) in [4.78, 5) is 14.8. The number of sulfone groups is 1. The molecule has 7 heteroatoms. The number of rotatable bonds is 3. The number of hydrogen-bond acceptors (Lipinski definition) is 5. The lowest BCUT2D eigenvalue weighted by Crippen LogP contribution is -2.49. The van der Waals surface area contributed by atoms with Crippen LogP contribution in [-0.4, -0.2) is 69.2 Å². The second kappa shape index (κ2) is 5.49. The van der Waals surface area contributed by atoms with Crippen molar-refractivity contribution in [3.8, 4) is 0 Å². The Hall–Kier alpha value is -0.820. The van der Waals surface area contributed by atoms with Crippen LogP contribution in [0.5, 0.6) is 0 Å². The molecule has 16 heavy (non-hydrogen) atoms. The van der Waals surface area contributed by atoms with E-state index in [0.717, 1.165) is 0 Å². The topological polar surface area (TPSA) is 66.9 Å². The highest BCUT2D eigenvalue weighted by atomic mass is 32.2. The minimum absolute atomic E-state index is 0.0592. The van der Waals surface area contributed by atoms with Crippen LogP contribution in [-0.2, 0) is 14.6 Å². The van der Waals surface area contributed by atoms with E-state index < -0.39 is 9.84 Å². The van der Waals surface area contributed by atoms with Crippen LogP contribution >= 0.6 is 0 Å². The Bertz CT molecular complexity index is 333. The molecule has 1 saturated heterocycles. The van der Waals surface area contributed by atoms with E-state index in [9.17, 15) is 13.2 Å². The molecule has 0 atom stereocenters. The summed E-state index contributed by atoms with van der Waals surface area (Å²) in [5, 5.41) is 0. The molecule has 1 aliphatic rings. The first-order chi connectivity index (χ1) is 7.42. The first kappa shape index (κ1) is 13.2. The Morgan fingerprint density at radius 1 is 1.25 bits per heavy atom. The number of nitrogens with zero attached hydrogens (tertiary/aromatic N) is 2. The zero-order valence-corrected chi connectivity index (χ0v) is 10.5. The van der Waals surface area contributed by atoms with Crippen LogP contribution in [0.3, 0.4) is 0 Å². The minimum Gasteiger partial charge on any atom is -0.450 e. The van der Waals surface area contributed by atoms with Crippen molar-refractivity contribution < 1.29 is 17.9 Å². The lowest BCUT2D eigenvalue weighted by Gasteiger charge is -2.33. The van der Waals surface area contributed by atoms with Gasteiger partial charge in [-0.2, -0.15) is 0 Å². The summed E-state index contributed by atoms with van der Waals surface area (Å²) in [5.74, 6) is 0.0592. The largest absolute Gasteiger partial charge is 0.450 e. The molecule has 0 spiro atoms. The molecule has 1 fully saturated rings. The molecule has 0 aromatic carbocycles. The van der Waals surface area contributed by atoms with Gasteiger partial charge in [-0.25, -0.2) is 13.2 Å². The average molecular weight is 250 g/mol. The number of amides is 1. The van der Waals surface area contributed by atoms with Gasteiger partial charge in [-0.3, -0.25) is 4.90 Å². The van der Waals surface area contributed by atoms with E-state index in [4.69, 9.17) is 4.74 Å². The van der Waals surface area contributed by atoms with Crippen molar-refractivity contribution >= 4 is 15.9 Å². The van der Waals surface area contributed by atoms with Gasteiger partial charge in [-0.15, -0.1) is 0 Å².